The van der Waals surface area contributed by atoms with Gasteiger partial charge < -0.3 is 9.73 Å². The molecule has 2 aromatic rings. The fraction of sp³-hybridized carbons (Fsp3) is 0.333. The molecule has 114 valence electrons. The molecule has 1 heterocycles. The maximum atomic E-state index is 11.6. The van der Waals surface area contributed by atoms with Crippen LogP contribution < -0.4 is 10.5 Å². The Balaban J connectivity index is 2.30. The molecule has 0 aliphatic rings. The number of primary sulfonamides is 1. The van der Waals surface area contributed by atoms with Gasteiger partial charge in [0.15, 0.2) is 0 Å². The lowest BCUT2D eigenvalue weighted by molar-refractivity contribution is 0.500. The number of benzene rings is 1. The van der Waals surface area contributed by atoms with Gasteiger partial charge in [-0.15, -0.1) is 0 Å². The first-order chi connectivity index (χ1) is 9.68. The Hall–Kier alpha value is -1.79. The Labute approximate surface area is 125 Å². The number of sulfonamides is 1. The van der Waals surface area contributed by atoms with Crippen LogP contribution in [-0.2, 0) is 10.0 Å². The quantitative estimate of drug-likeness (QED) is 0.909. The molecular formula is C15H20N2O3S. The second-order valence-corrected chi connectivity index (χ2v) is 6.79. The molecule has 0 saturated heterocycles. The van der Waals surface area contributed by atoms with E-state index in [1.165, 1.54) is 0 Å². The van der Waals surface area contributed by atoms with Crippen molar-refractivity contribution in [2.75, 3.05) is 5.32 Å². The van der Waals surface area contributed by atoms with Gasteiger partial charge in [0.05, 0.1) is 10.9 Å². The van der Waals surface area contributed by atoms with Gasteiger partial charge in [-0.1, -0.05) is 6.07 Å². The van der Waals surface area contributed by atoms with Gasteiger partial charge in [0, 0.05) is 11.3 Å². The summed E-state index contributed by atoms with van der Waals surface area (Å²) in [5, 5.41) is 8.50. The number of rotatable bonds is 4. The number of nitrogens with two attached hydrogens (primary N) is 1. The number of aryl methyl sites for hydroxylation is 3. The summed E-state index contributed by atoms with van der Waals surface area (Å²) in [5.41, 5.74) is 2.38. The van der Waals surface area contributed by atoms with Crippen LogP contribution in [0.4, 0.5) is 5.69 Å². The van der Waals surface area contributed by atoms with Crippen molar-refractivity contribution in [1.82, 2.24) is 0 Å². The third kappa shape index (κ3) is 3.46. The fourth-order valence-corrected chi connectivity index (χ4v) is 3.21. The molecule has 1 unspecified atom stereocenters. The van der Waals surface area contributed by atoms with Crippen molar-refractivity contribution >= 4 is 15.7 Å². The number of anilines is 1. The molecule has 0 spiro atoms. The molecule has 21 heavy (non-hydrogen) atoms. The topological polar surface area (TPSA) is 85.3 Å². The lowest BCUT2D eigenvalue weighted by Crippen LogP contribution is -2.14. The van der Waals surface area contributed by atoms with Crippen molar-refractivity contribution in [1.29, 1.82) is 0 Å². The Morgan fingerprint density at radius 2 is 1.86 bits per heavy atom. The Morgan fingerprint density at radius 1 is 1.19 bits per heavy atom. The van der Waals surface area contributed by atoms with E-state index < -0.39 is 10.0 Å². The van der Waals surface area contributed by atoms with Crippen molar-refractivity contribution in [3.05, 3.63) is 46.9 Å². The maximum Gasteiger partial charge on any atom is 0.238 e. The number of hydrogen-bond donors (Lipinski definition) is 2. The molecule has 1 aromatic heterocycles. The van der Waals surface area contributed by atoms with E-state index in [1.54, 1.807) is 19.1 Å². The van der Waals surface area contributed by atoms with E-state index in [9.17, 15) is 8.42 Å². The minimum Gasteiger partial charge on any atom is -0.466 e. The smallest absolute Gasteiger partial charge is 0.238 e. The predicted octanol–water partition coefficient (Wildman–Crippen LogP) is 3.03. The van der Waals surface area contributed by atoms with Gasteiger partial charge in [0.25, 0.3) is 0 Å². The van der Waals surface area contributed by atoms with Gasteiger partial charge in [0.2, 0.25) is 10.0 Å². The Morgan fingerprint density at radius 3 is 2.38 bits per heavy atom. The average Bonchev–Trinajstić information content (AvgIpc) is 2.69. The number of nitrogens with one attached hydrogen (secondary N) is 1. The molecule has 1 aromatic carbocycles. The zero-order chi connectivity index (χ0) is 15.8. The van der Waals surface area contributed by atoms with Crippen LogP contribution >= 0.6 is 0 Å². The van der Waals surface area contributed by atoms with Crippen molar-refractivity contribution in [3.63, 3.8) is 0 Å². The summed E-state index contributed by atoms with van der Waals surface area (Å²) < 4.78 is 28.6. The highest BCUT2D eigenvalue weighted by atomic mass is 32.2. The summed E-state index contributed by atoms with van der Waals surface area (Å²) in [4.78, 5) is 0.139. The molecule has 0 amide bonds. The second kappa shape index (κ2) is 5.54. The largest absolute Gasteiger partial charge is 0.466 e. The van der Waals surface area contributed by atoms with Crippen molar-refractivity contribution in [3.8, 4) is 0 Å². The van der Waals surface area contributed by atoms with Crippen molar-refractivity contribution in [2.24, 2.45) is 5.14 Å². The van der Waals surface area contributed by atoms with Crippen LogP contribution in [0.2, 0.25) is 0 Å². The van der Waals surface area contributed by atoms with E-state index in [4.69, 9.17) is 9.56 Å². The van der Waals surface area contributed by atoms with Crippen LogP contribution in [-0.4, -0.2) is 8.42 Å². The van der Waals surface area contributed by atoms with E-state index in [0.717, 1.165) is 17.1 Å². The molecular weight excluding hydrogens is 288 g/mol. The monoisotopic (exact) mass is 308 g/mol. The minimum atomic E-state index is -3.72. The summed E-state index contributed by atoms with van der Waals surface area (Å²) in [5.74, 6) is 1.71. The first-order valence-electron chi connectivity index (χ1n) is 6.65. The molecule has 5 nitrogen and oxygen atoms in total. The van der Waals surface area contributed by atoms with E-state index in [0.29, 0.717) is 11.3 Å². The SMILES string of the molecule is Cc1cc(C(C)Nc2ccc(C)c(S(N)(=O)=O)c2)c(C)o1. The molecule has 6 heteroatoms. The van der Waals surface area contributed by atoms with Crippen LogP contribution in [0, 0.1) is 20.8 Å². The average molecular weight is 308 g/mol. The molecule has 1 atom stereocenters. The van der Waals surface area contributed by atoms with Crippen molar-refractivity contribution < 1.29 is 12.8 Å². The van der Waals surface area contributed by atoms with Gasteiger partial charge in [-0.25, -0.2) is 13.6 Å². The zero-order valence-corrected chi connectivity index (χ0v) is 13.4. The molecule has 0 aliphatic heterocycles. The normalized spacial score (nSPS) is 13.2. The summed E-state index contributed by atoms with van der Waals surface area (Å²) in [7, 11) is -3.72. The van der Waals surface area contributed by atoms with Crippen LogP contribution in [0.1, 0.15) is 35.6 Å². The summed E-state index contributed by atoms with van der Waals surface area (Å²) in [6.45, 7) is 7.52. The van der Waals surface area contributed by atoms with Crippen LogP contribution in [0.3, 0.4) is 0 Å². The highest BCUT2D eigenvalue weighted by Gasteiger charge is 2.15. The molecule has 0 aliphatic carbocycles. The van der Waals surface area contributed by atoms with Gasteiger partial charge in [-0.2, -0.15) is 0 Å². The predicted molar refractivity (Wildman–Crippen MR) is 82.8 cm³/mol. The van der Waals surface area contributed by atoms with Crippen LogP contribution in [0.5, 0.6) is 0 Å². The van der Waals surface area contributed by atoms with Gasteiger partial charge >= 0.3 is 0 Å². The summed E-state index contributed by atoms with van der Waals surface area (Å²) >= 11 is 0. The number of hydrogen-bond acceptors (Lipinski definition) is 4. The molecule has 3 N–H and O–H groups in total. The molecule has 0 radical (unpaired) electrons. The maximum absolute atomic E-state index is 11.6. The lowest BCUT2D eigenvalue weighted by Gasteiger charge is -2.16. The van der Waals surface area contributed by atoms with Crippen LogP contribution in [0.15, 0.2) is 33.6 Å². The van der Waals surface area contributed by atoms with Crippen LogP contribution in [0.25, 0.3) is 0 Å². The summed E-state index contributed by atoms with van der Waals surface area (Å²) in [6, 6.07) is 7.11. The van der Waals surface area contributed by atoms with Gasteiger partial charge in [0.1, 0.15) is 11.5 Å². The third-order valence-electron chi connectivity index (χ3n) is 3.42. The second-order valence-electron chi connectivity index (χ2n) is 5.26. The first-order valence-corrected chi connectivity index (χ1v) is 8.20. The standard InChI is InChI=1S/C15H20N2O3S/c1-9-5-6-13(8-15(9)21(16,18)19)17-11(3)14-7-10(2)20-12(14)4/h5-8,11,17H,1-4H3,(H2,16,18,19). The van der Waals surface area contributed by atoms with E-state index in [1.807, 2.05) is 32.9 Å². The minimum absolute atomic E-state index is 0.00140. The Bertz CT molecular complexity index is 763. The van der Waals surface area contributed by atoms with Gasteiger partial charge in [-0.3, -0.25) is 0 Å². The summed E-state index contributed by atoms with van der Waals surface area (Å²) in [6.07, 6.45) is 0. The fourth-order valence-electron chi connectivity index (χ4n) is 2.40. The van der Waals surface area contributed by atoms with E-state index >= 15 is 0 Å². The third-order valence-corrected chi connectivity index (χ3v) is 4.48. The van der Waals surface area contributed by atoms with E-state index in [-0.39, 0.29) is 10.9 Å². The van der Waals surface area contributed by atoms with E-state index in [2.05, 4.69) is 5.32 Å². The lowest BCUT2D eigenvalue weighted by atomic mass is 10.1. The Kier molecular flexibility index (Phi) is 4.11. The molecule has 0 fully saturated rings. The number of furan rings is 1. The zero-order valence-electron chi connectivity index (χ0n) is 12.6. The molecule has 0 saturated carbocycles. The van der Waals surface area contributed by atoms with Gasteiger partial charge in [-0.05, 0) is 51.5 Å². The molecule has 0 bridgehead atoms. The highest BCUT2D eigenvalue weighted by Crippen LogP contribution is 2.26. The highest BCUT2D eigenvalue weighted by molar-refractivity contribution is 7.89. The molecule has 2 rings (SSSR count). The first kappa shape index (κ1) is 15.6. The van der Waals surface area contributed by atoms with Crippen molar-refractivity contribution in [2.45, 2.75) is 38.6 Å².